The summed E-state index contributed by atoms with van der Waals surface area (Å²) in [5, 5.41) is 9.76. The van der Waals surface area contributed by atoms with E-state index < -0.39 is 0 Å². The number of rotatable bonds is 5. The van der Waals surface area contributed by atoms with Crippen molar-refractivity contribution in [1.29, 1.82) is 0 Å². The predicted octanol–water partition coefficient (Wildman–Crippen LogP) is 3.53. The van der Waals surface area contributed by atoms with E-state index in [9.17, 15) is 5.11 Å². The van der Waals surface area contributed by atoms with Crippen molar-refractivity contribution in [2.45, 2.75) is 58.0 Å². The van der Waals surface area contributed by atoms with Crippen LogP contribution in [-0.2, 0) is 0 Å². The first-order valence-corrected chi connectivity index (χ1v) is 6.04. The lowest BCUT2D eigenvalue weighted by atomic mass is 9.76. The second-order valence-electron chi connectivity index (χ2n) is 4.67. The molecule has 1 aliphatic rings. The molecule has 0 heterocycles. The lowest BCUT2D eigenvalue weighted by molar-refractivity contribution is 0.0672. The van der Waals surface area contributed by atoms with Gasteiger partial charge in [-0.25, -0.2) is 0 Å². The molecular weight excluding hydrogens is 172 g/mol. The highest BCUT2D eigenvalue weighted by molar-refractivity contribution is 4.80. The molecule has 0 bridgehead atoms. The van der Waals surface area contributed by atoms with Crippen LogP contribution >= 0.6 is 0 Å². The summed E-state index contributed by atoms with van der Waals surface area (Å²) in [6.45, 7) is 5.70. The molecule has 1 nitrogen and oxygen atoms in total. The molecule has 1 heteroatoms. The second kappa shape index (κ2) is 6.23. The third-order valence-electron chi connectivity index (χ3n) is 3.58. The maximum Gasteiger partial charge on any atom is 0.0543 e. The summed E-state index contributed by atoms with van der Waals surface area (Å²) in [5.41, 5.74) is 0. The molecule has 2 atom stereocenters. The molecule has 1 saturated carbocycles. The zero-order valence-electron chi connectivity index (χ0n) is 9.41. The van der Waals surface area contributed by atoms with E-state index in [0.29, 0.717) is 5.92 Å². The van der Waals surface area contributed by atoms with Crippen molar-refractivity contribution in [3.63, 3.8) is 0 Å². The minimum atomic E-state index is -0.141. The van der Waals surface area contributed by atoms with Crippen LogP contribution in [0.4, 0.5) is 0 Å². The van der Waals surface area contributed by atoms with Gasteiger partial charge in [0.1, 0.15) is 0 Å². The summed E-state index contributed by atoms with van der Waals surface area (Å²) in [4.78, 5) is 0. The number of hydrogen-bond donors (Lipinski definition) is 1. The molecule has 82 valence electrons. The van der Waals surface area contributed by atoms with Gasteiger partial charge in [0.15, 0.2) is 0 Å². The van der Waals surface area contributed by atoms with Gasteiger partial charge in [-0.05, 0) is 31.6 Å². The Morgan fingerprint density at radius 1 is 1.36 bits per heavy atom. The molecule has 0 amide bonds. The molecule has 0 aromatic heterocycles. The van der Waals surface area contributed by atoms with Gasteiger partial charge >= 0.3 is 0 Å². The van der Waals surface area contributed by atoms with Crippen LogP contribution in [0.15, 0.2) is 12.7 Å². The predicted molar refractivity (Wildman–Crippen MR) is 61.2 cm³/mol. The lowest BCUT2D eigenvalue weighted by Crippen LogP contribution is -2.27. The number of allylic oxidation sites excluding steroid dienone is 1. The third-order valence-corrected chi connectivity index (χ3v) is 3.58. The quantitative estimate of drug-likeness (QED) is 0.667. The topological polar surface area (TPSA) is 20.2 Å². The van der Waals surface area contributed by atoms with E-state index >= 15 is 0 Å². The van der Waals surface area contributed by atoms with Gasteiger partial charge in [0.25, 0.3) is 0 Å². The van der Waals surface area contributed by atoms with Crippen molar-refractivity contribution in [3.8, 4) is 0 Å². The zero-order chi connectivity index (χ0) is 10.4. The molecule has 0 spiro atoms. The summed E-state index contributed by atoms with van der Waals surface area (Å²) in [6, 6.07) is 0. The minimum absolute atomic E-state index is 0.141. The average Bonchev–Trinajstić information content (AvgIpc) is 2.19. The Balaban J connectivity index is 2.42. The summed E-state index contributed by atoms with van der Waals surface area (Å²) in [6.07, 6.45) is 10.8. The van der Waals surface area contributed by atoms with Crippen molar-refractivity contribution in [2.24, 2.45) is 11.8 Å². The molecule has 1 rings (SSSR count). The van der Waals surface area contributed by atoms with Gasteiger partial charge in [-0.1, -0.05) is 38.2 Å². The zero-order valence-corrected chi connectivity index (χ0v) is 9.41. The van der Waals surface area contributed by atoms with Crippen molar-refractivity contribution in [1.82, 2.24) is 0 Å². The Morgan fingerprint density at radius 3 is 2.50 bits per heavy atom. The molecule has 1 aliphatic carbocycles. The van der Waals surface area contributed by atoms with E-state index in [4.69, 9.17) is 0 Å². The van der Waals surface area contributed by atoms with Gasteiger partial charge < -0.3 is 5.11 Å². The number of hydrogen-bond acceptors (Lipinski definition) is 1. The monoisotopic (exact) mass is 196 g/mol. The second-order valence-corrected chi connectivity index (χ2v) is 4.67. The largest absolute Gasteiger partial charge is 0.393 e. The van der Waals surface area contributed by atoms with Crippen LogP contribution in [0, 0.1) is 11.8 Å². The third kappa shape index (κ3) is 3.45. The number of aliphatic hydroxyl groups is 1. The van der Waals surface area contributed by atoms with Gasteiger partial charge in [-0.3, -0.25) is 0 Å². The van der Waals surface area contributed by atoms with Crippen LogP contribution in [0.1, 0.15) is 51.9 Å². The molecule has 0 aromatic rings. The molecule has 0 aromatic carbocycles. The van der Waals surface area contributed by atoms with Crippen LogP contribution in [0.5, 0.6) is 0 Å². The SMILES string of the molecule is C=CCCC(C(C)O)C1CCCCC1. The Bertz CT molecular complexity index is 157. The normalized spacial score (nSPS) is 23.0. The summed E-state index contributed by atoms with van der Waals surface area (Å²) < 4.78 is 0. The van der Waals surface area contributed by atoms with Crippen LogP contribution in [0.2, 0.25) is 0 Å². The Labute approximate surface area is 88.2 Å². The van der Waals surface area contributed by atoms with Crippen LogP contribution < -0.4 is 0 Å². The maximum atomic E-state index is 9.76. The lowest BCUT2D eigenvalue weighted by Gasteiger charge is -2.32. The highest BCUT2D eigenvalue weighted by atomic mass is 16.3. The summed E-state index contributed by atoms with van der Waals surface area (Å²) in [5.74, 6) is 1.27. The Hall–Kier alpha value is -0.300. The van der Waals surface area contributed by atoms with E-state index in [0.717, 1.165) is 18.8 Å². The van der Waals surface area contributed by atoms with Gasteiger partial charge in [0.05, 0.1) is 6.10 Å². The fourth-order valence-electron chi connectivity index (χ4n) is 2.74. The fraction of sp³-hybridized carbons (Fsp3) is 0.846. The van der Waals surface area contributed by atoms with Gasteiger partial charge in [-0.15, -0.1) is 6.58 Å². The molecule has 1 fully saturated rings. The maximum absolute atomic E-state index is 9.76. The van der Waals surface area contributed by atoms with Crippen molar-refractivity contribution in [3.05, 3.63) is 12.7 Å². The fourth-order valence-corrected chi connectivity index (χ4v) is 2.74. The highest BCUT2D eigenvalue weighted by Gasteiger charge is 2.26. The minimum Gasteiger partial charge on any atom is -0.393 e. The van der Waals surface area contributed by atoms with E-state index in [1.807, 2.05) is 13.0 Å². The van der Waals surface area contributed by atoms with Gasteiger partial charge in [-0.2, -0.15) is 0 Å². The first-order valence-electron chi connectivity index (χ1n) is 6.04. The Kier molecular flexibility index (Phi) is 5.24. The van der Waals surface area contributed by atoms with E-state index in [-0.39, 0.29) is 6.10 Å². The van der Waals surface area contributed by atoms with Gasteiger partial charge in [0, 0.05) is 0 Å². The van der Waals surface area contributed by atoms with Crippen LogP contribution in [0.25, 0.3) is 0 Å². The summed E-state index contributed by atoms with van der Waals surface area (Å²) >= 11 is 0. The van der Waals surface area contributed by atoms with E-state index in [1.54, 1.807) is 0 Å². The molecule has 0 saturated heterocycles. The number of aliphatic hydroxyl groups excluding tert-OH is 1. The van der Waals surface area contributed by atoms with E-state index in [2.05, 4.69) is 6.58 Å². The first kappa shape index (κ1) is 11.8. The molecule has 0 aliphatic heterocycles. The molecule has 0 radical (unpaired) electrons. The van der Waals surface area contributed by atoms with Crippen LogP contribution in [-0.4, -0.2) is 11.2 Å². The highest BCUT2D eigenvalue weighted by Crippen LogP contribution is 2.34. The summed E-state index contributed by atoms with van der Waals surface area (Å²) in [7, 11) is 0. The first-order chi connectivity index (χ1) is 6.75. The van der Waals surface area contributed by atoms with Crippen LogP contribution in [0.3, 0.4) is 0 Å². The smallest absolute Gasteiger partial charge is 0.0543 e. The Morgan fingerprint density at radius 2 is 2.00 bits per heavy atom. The molecule has 2 unspecified atom stereocenters. The van der Waals surface area contributed by atoms with Crippen molar-refractivity contribution >= 4 is 0 Å². The van der Waals surface area contributed by atoms with Crippen molar-refractivity contribution in [2.75, 3.05) is 0 Å². The van der Waals surface area contributed by atoms with Crippen molar-refractivity contribution < 1.29 is 5.11 Å². The molecular formula is C13H24O. The van der Waals surface area contributed by atoms with E-state index in [1.165, 1.54) is 32.1 Å². The average molecular weight is 196 g/mol. The molecule has 14 heavy (non-hydrogen) atoms. The van der Waals surface area contributed by atoms with Gasteiger partial charge in [0.2, 0.25) is 0 Å². The molecule has 1 N–H and O–H groups in total. The standard InChI is InChI=1S/C13H24O/c1-3-4-10-13(11(2)14)12-8-6-5-7-9-12/h3,11-14H,1,4-10H2,2H3.